The second-order valence-corrected chi connectivity index (χ2v) is 5.12. The summed E-state index contributed by atoms with van der Waals surface area (Å²) in [6, 6.07) is -0.513. The van der Waals surface area contributed by atoms with Gasteiger partial charge in [-0.3, -0.25) is 9.59 Å². The molecule has 0 radical (unpaired) electrons. The molecule has 0 aliphatic rings. The smallest absolute Gasteiger partial charge is 0.323 e. The van der Waals surface area contributed by atoms with Crippen LogP contribution in [0, 0.1) is 10.1 Å². The molecule has 146 valence electrons. The van der Waals surface area contributed by atoms with E-state index in [1.165, 1.54) is 13.4 Å². The number of ether oxygens (including phenoxy) is 2. The van der Waals surface area contributed by atoms with Gasteiger partial charge in [-0.15, -0.1) is 10.1 Å². The van der Waals surface area contributed by atoms with E-state index < -0.39 is 11.1 Å². The van der Waals surface area contributed by atoms with E-state index in [2.05, 4.69) is 25.4 Å². The van der Waals surface area contributed by atoms with Crippen molar-refractivity contribution in [3.05, 3.63) is 28.3 Å². The topological polar surface area (TPSA) is 158 Å². The van der Waals surface area contributed by atoms with Gasteiger partial charge in [0.15, 0.2) is 0 Å². The first kappa shape index (κ1) is 21.3. The summed E-state index contributed by atoms with van der Waals surface area (Å²) in [6.07, 6.45) is 4.17. The van der Waals surface area contributed by atoms with Gasteiger partial charge in [-0.2, -0.15) is 0 Å². The number of carbonyl (C=O) groups excluding carboxylic acids is 2. The summed E-state index contributed by atoms with van der Waals surface area (Å²) >= 11 is 0. The Labute approximate surface area is 149 Å². The molecule has 3 N–H and O–H groups in total. The average molecular weight is 373 g/mol. The number of aromatic amines is 1. The Balaban J connectivity index is 2.12. The first-order valence-electron chi connectivity index (χ1n) is 7.93. The normalized spacial score (nSPS) is 11.6. The van der Waals surface area contributed by atoms with Crippen LogP contribution >= 0.6 is 0 Å². The van der Waals surface area contributed by atoms with E-state index in [1.807, 2.05) is 0 Å². The van der Waals surface area contributed by atoms with Crippen LogP contribution in [0.2, 0.25) is 0 Å². The third-order valence-electron chi connectivity index (χ3n) is 3.19. The van der Waals surface area contributed by atoms with Gasteiger partial charge in [-0.25, -0.2) is 4.98 Å². The van der Waals surface area contributed by atoms with Gasteiger partial charge in [0.05, 0.1) is 20.0 Å². The maximum absolute atomic E-state index is 11.8. The van der Waals surface area contributed by atoms with Crippen molar-refractivity contribution in [3.8, 4) is 0 Å². The molecule has 0 spiro atoms. The minimum absolute atomic E-state index is 0.0512. The van der Waals surface area contributed by atoms with Crippen LogP contribution < -0.4 is 10.6 Å². The fourth-order valence-electron chi connectivity index (χ4n) is 1.98. The quantitative estimate of drug-likeness (QED) is 0.158. The highest BCUT2D eigenvalue weighted by Crippen LogP contribution is 2.00. The van der Waals surface area contributed by atoms with Crippen LogP contribution in [0.5, 0.6) is 0 Å². The lowest BCUT2D eigenvalue weighted by molar-refractivity contribution is -0.758. The second kappa shape index (κ2) is 12.6. The number of nitrogens with zero attached hydrogens (tertiary/aromatic N) is 2. The van der Waals surface area contributed by atoms with E-state index in [0.29, 0.717) is 25.9 Å². The van der Waals surface area contributed by atoms with Crippen LogP contribution in [0.1, 0.15) is 12.1 Å². The lowest BCUT2D eigenvalue weighted by Crippen LogP contribution is -2.41. The number of hydrogen-bond donors (Lipinski definition) is 3. The summed E-state index contributed by atoms with van der Waals surface area (Å²) in [6.45, 7) is 0.392. The second-order valence-electron chi connectivity index (χ2n) is 5.12. The van der Waals surface area contributed by atoms with Crippen molar-refractivity contribution in [1.29, 1.82) is 0 Å². The molecule has 1 atom stereocenters. The van der Waals surface area contributed by atoms with E-state index in [0.717, 1.165) is 5.69 Å². The third kappa shape index (κ3) is 9.54. The van der Waals surface area contributed by atoms with Crippen molar-refractivity contribution in [1.82, 2.24) is 20.6 Å². The molecule has 0 aliphatic carbocycles. The molecule has 0 aromatic carbocycles. The summed E-state index contributed by atoms with van der Waals surface area (Å²) in [5.41, 5.74) is 0.805. The predicted octanol–water partition coefficient (Wildman–Crippen LogP) is -1.19. The highest BCUT2D eigenvalue weighted by Gasteiger charge is 2.19. The predicted molar refractivity (Wildman–Crippen MR) is 87.5 cm³/mol. The zero-order chi connectivity index (χ0) is 19.2. The molecule has 0 fully saturated rings. The molecule has 1 heterocycles. The molecule has 0 bridgehead atoms. The van der Waals surface area contributed by atoms with Crippen LogP contribution in [0.3, 0.4) is 0 Å². The number of esters is 1. The molecular weight excluding hydrogens is 350 g/mol. The van der Waals surface area contributed by atoms with E-state index in [-0.39, 0.29) is 31.7 Å². The zero-order valence-electron chi connectivity index (χ0n) is 14.4. The van der Waals surface area contributed by atoms with Crippen LogP contribution in [0.4, 0.5) is 0 Å². The summed E-state index contributed by atoms with van der Waals surface area (Å²) in [5, 5.41) is 14.7. The Bertz CT molecular complexity index is 552. The summed E-state index contributed by atoms with van der Waals surface area (Å²) in [7, 11) is 1.32. The molecule has 0 saturated heterocycles. The first-order valence-corrected chi connectivity index (χ1v) is 7.93. The van der Waals surface area contributed by atoms with E-state index >= 15 is 0 Å². The summed E-state index contributed by atoms with van der Waals surface area (Å²) < 4.78 is 9.68. The van der Waals surface area contributed by atoms with Gasteiger partial charge in [-0.05, 0) is 13.0 Å². The Hall–Kier alpha value is -2.73. The minimum Gasteiger partial charge on any atom is -0.468 e. The molecular formula is C14H23N5O7. The number of methoxy groups -OCH3 is 1. The Morgan fingerprint density at radius 2 is 2.19 bits per heavy atom. The van der Waals surface area contributed by atoms with E-state index in [4.69, 9.17) is 9.47 Å². The van der Waals surface area contributed by atoms with Gasteiger partial charge in [0.25, 0.3) is 5.09 Å². The average Bonchev–Trinajstić information content (AvgIpc) is 3.12. The first-order chi connectivity index (χ1) is 12.5. The molecule has 1 aromatic heterocycles. The maximum atomic E-state index is 11.8. The van der Waals surface area contributed by atoms with Crippen LogP contribution in [0.25, 0.3) is 0 Å². The number of carbonyl (C=O) groups is 2. The molecule has 0 aliphatic heterocycles. The number of H-pyrrole nitrogens is 1. The standard InChI is InChI=1S/C14H23N5O7/c1-24-14(21)12(7-11-8-15-10-18-11)16-3-2-4-17-13(20)9-25-5-6-26-19(22)23/h8,10,12,16H,2-7,9H2,1H3,(H,15,18)(H,17,20)/t12-/m0/s1. The van der Waals surface area contributed by atoms with Gasteiger partial charge in [0.1, 0.15) is 19.3 Å². The molecule has 1 rings (SSSR count). The number of nitrogens with one attached hydrogen (secondary N) is 3. The van der Waals surface area contributed by atoms with Crippen molar-refractivity contribution in [2.24, 2.45) is 0 Å². The lowest BCUT2D eigenvalue weighted by Gasteiger charge is -2.15. The lowest BCUT2D eigenvalue weighted by atomic mass is 10.1. The number of rotatable bonds is 14. The third-order valence-corrected chi connectivity index (χ3v) is 3.19. The maximum Gasteiger partial charge on any atom is 0.323 e. The van der Waals surface area contributed by atoms with E-state index in [9.17, 15) is 19.7 Å². The van der Waals surface area contributed by atoms with Crippen LogP contribution in [-0.2, 0) is 30.3 Å². The number of aromatic nitrogens is 2. The fraction of sp³-hybridized carbons (Fsp3) is 0.643. The van der Waals surface area contributed by atoms with Crippen molar-refractivity contribution in [2.45, 2.75) is 18.9 Å². The van der Waals surface area contributed by atoms with Crippen molar-refractivity contribution < 1.29 is 29.0 Å². The molecule has 1 aromatic rings. The molecule has 26 heavy (non-hydrogen) atoms. The Morgan fingerprint density at radius 3 is 2.85 bits per heavy atom. The molecule has 12 heteroatoms. The van der Waals surface area contributed by atoms with Crippen molar-refractivity contribution >= 4 is 11.9 Å². The highest BCUT2D eigenvalue weighted by atomic mass is 17.0. The zero-order valence-corrected chi connectivity index (χ0v) is 14.4. The minimum atomic E-state index is -0.926. The van der Waals surface area contributed by atoms with Crippen LogP contribution in [-0.4, -0.2) is 73.0 Å². The van der Waals surface area contributed by atoms with Gasteiger partial charge in [0, 0.05) is 24.9 Å². The van der Waals surface area contributed by atoms with Crippen molar-refractivity contribution in [2.75, 3.05) is 40.0 Å². The molecule has 0 saturated carbocycles. The number of imidazole rings is 1. The Kier molecular flexibility index (Phi) is 10.3. The number of amides is 1. The molecule has 1 amide bonds. The SMILES string of the molecule is COC(=O)[C@H](Cc1cnc[nH]1)NCCCNC(=O)COCCO[N+](=O)[O-]. The highest BCUT2D eigenvalue weighted by molar-refractivity contribution is 5.77. The molecule has 0 unspecified atom stereocenters. The van der Waals surface area contributed by atoms with Crippen molar-refractivity contribution in [3.63, 3.8) is 0 Å². The summed E-state index contributed by atoms with van der Waals surface area (Å²) in [5.74, 6) is -0.720. The number of hydrogen-bond acceptors (Lipinski definition) is 9. The van der Waals surface area contributed by atoms with E-state index in [1.54, 1.807) is 6.20 Å². The van der Waals surface area contributed by atoms with Gasteiger partial charge in [0.2, 0.25) is 5.91 Å². The monoisotopic (exact) mass is 373 g/mol. The van der Waals surface area contributed by atoms with Gasteiger partial charge < -0.3 is 29.9 Å². The fourth-order valence-corrected chi connectivity index (χ4v) is 1.98. The van der Waals surface area contributed by atoms with Gasteiger partial charge in [-0.1, -0.05) is 0 Å². The largest absolute Gasteiger partial charge is 0.468 e. The summed E-state index contributed by atoms with van der Waals surface area (Å²) in [4.78, 5) is 44.0. The Morgan fingerprint density at radius 1 is 1.38 bits per heavy atom. The van der Waals surface area contributed by atoms with Gasteiger partial charge >= 0.3 is 5.97 Å². The van der Waals surface area contributed by atoms with Crippen LogP contribution in [0.15, 0.2) is 12.5 Å². The molecule has 12 nitrogen and oxygen atoms in total.